The van der Waals surface area contributed by atoms with Gasteiger partial charge in [0.05, 0.1) is 48.0 Å². The van der Waals surface area contributed by atoms with Crippen molar-refractivity contribution < 1.29 is 34.0 Å². The molecule has 216 valence electrons. The van der Waals surface area contributed by atoms with Gasteiger partial charge in [0, 0.05) is 24.1 Å². The van der Waals surface area contributed by atoms with Gasteiger partial charge < -0.3 is 24.4 Å². The smallest absolute Gasteiger partial charge is 0.309 e. The average Bonchev–Trinajstić information content (AvgIpc) is 3.55. The lowest BCUT2D eigenvalue weighted by Gasteiger charge is -2.34. The number of allylic oxidation sites excluding steroid dienone is 2. The number of aromatic nitrogens is 1. The molecule has 5 atom stereocenters. The number of carbonyl (C=O) groups excluding carboxylic acids is 2. The van der Waals surface area contributed by atoms with Crippen LogP contribution in [0.2, 0.25) is 0 Å². The van der Waals surface area contributed by atoms with Crippen LogP contribution in [-0.4, -0.2) is 64.8 Å². The Labute approximate surface area is 235 Å². The van der Waals surface area contributed by atoms with Gasteiger partial charge in [-0.15, -0.1) is 11.3 Å². The number of ketones is 1. The van der Waals surface area contributed by atoms with Gasteiger partial charge in [-0.3, -0.25) is 9.59 Å². The highest BCUT2D eigenvalue weighted by Gasteiger charge is 2.42. The quantitative estimate of drug-likeness (QED) is 0.505. The molecule has 3 rings (SSSR count). The van der Waals surface area contributed by atoms with E-state index < -0.39 is 35.6 Å². The van der Waals surface area contributed by atoms with Crippen LogP contribution in [0, 0.1) is 24.2 Å². The molecule has 3 heterocycles. The van der Waals surface area contributed by atoms with E-state index in [1.165, 1.54) is 0 Å². The van der Waals surface area contributed by atoms with Gasteiger partial charge in [0.2, 0.25) is 0 Å². The molecule has 1 aromatic heterocycles. The first-order chi connectivity index (χ1) is 18.4. The summed E-state index contributed by atoms with van der Waals surface area (Å²) in [6.45, 7) is 11.7. The number of Topliss-reactive ketones (excluding diaryl/α,β-unsaturated/α-hetero) is 1. The van der Waals surface area contributed by atoms with E-state index in [1.54, 1.807) is 32.1 Å². The van der Waals surface area contributed by atoms with Gasteiger partial charge in [0.25, 0.3) is 0 Å². The fraction of sp³-hybridized carbons (Fsp3) is 0.633. The van der Waals surface area contributed by atoms with E-state index in [0.29, 0.717) is 32.5 Å². The molecule has 0 spiro atoms. The predicted octanol–water partition coefficient (Wildman–Crippen LogP) is 4.79. The van der Waals surface area contributed by atoms with Gasteiger partial charge in [-0.2, -0.15) is 0 Å². The van der Waals surface area contributed by atoms with E-state index in [-0.39, 0.29) is 24.4 Å². The monoisotopic (exact) mass is 561 g/mol. The second kappa shape index (κ2) is 13.9. The Morgan fingerprint density at radius 1 is 1.18 bits per heavy atom. The molecule has 9 heteroatoms. The van der Waals surface area contributed by atoms with Crippen molar-refractivity contribution in [3.63, 3.8) is 0 Å². The number of rotatable bonds is 4. The second-order valence-electron chi connectivity index (χ2n) is 11.2. The summed E-state index contributed by atoms with van der Waals surface area (Å²) in [6, 6.07) is 0. The normalized spacial score (nSPS) is 32.5. The standard InChI is InChI=1S/C30H43NO7S/c1-18-8-7-9-22(15-27-36-12-13-37-27)10-11-24(19(2)14-23-17-39-21(4)31-23)38-26(33)16-25(32)30(5,6)29(35)20(3)28(18)34/h7,9-10,14,17-18,20,24-25,27-28,32,34H,8,11-13,15-16H2,1-6H3/b9-7+,19-14+,22-10+/t18-,20+,24-,25-,28-/m0/s1. The molecule has 2 N–H and O–H groups in total. The van der Waals surface area contributed by atoms with Gasteiger partial charge >= 0.3 is 5.97 Å². The zero-order valence-corrected chi connectivity index (χ0v) is 24.7. The number of thiazole rings is 1. The summed E-state index contributed by atoms with van der Waals surface area (Å²) in [7, 11) is 0. The zero-order valence-electron chi connectivity index (χ0n) is 23.9. The lowest BCUT2D eigenvalue weighted by Crippen LogP contribution is -2.45. The van der Waals surface area contributed by atoms with Crippen molar-refractivity contribution >= 4 is 29.2 Å². The minimum Gasteiger partial charge on any atom is -0.457 e. The number of hydrogen-bond acceptors (Lipinski definition) is 9. The second-order valence-corrected chi connectivity index (χ2v) is 12.3. The fourth-order valence-corrected chi connectivity index (χ4v) is 5.46. The molecular weight excluding hydrogens is 518 g/mol. The first-order valence-electron chi connectivity index (χ1n) is 13.7. The van der Waals surface area contributed by atoms with Gasteiger partial charge in [-0.1, -0.05) is 45.9 Å². The van der Waals surface area contributed by atoms with Crippen molar-refractivity contribution in [2.45, 2.75) is 91.8 Å². The molecule has 0 unspecified atom stereocenters. The van der Waals surface area contributed by atoms with Crippen molar-refractivity contribution in [1.82, 2.24) is 4.98 Å². The summed E-state index contributed by atoms with van der Waals surface area (Å²) in [5.74, 6) is -1.79. The largest absolute Gasteiger partial charge is 0.457 e. The number of carbonyl (C=O) groups is 2. The number of hydrogen-bond donors (Lipinski definition) is 2. The van der Waals surface area contributed by atoms with Crippen molar-refractivity contribution in [2.75, 3.05) is 13.2 Å². The van der Waals surface area contributed by atoms with E-state index in [4.69, 9.17) is 14.2 Å². The zero-order chi connectivity index (χ0) is 28.7. The Morgan fingerprint density at radius 2 is 1.87 bits per heavy atom. The van der Waals surface area contributed by atoms with Crippen LogP contribution >= 0.6 is 11.3 Å². The Balaban J connectivity index is 1.95. The molecule has 0 aliphatic carbocycles. The van der Waals surface area contributed by atoms with Gasteiger partial charge in [0.1, 0.15) is 11.9 Å². The maximum absolute atomic E-state index is 13.3. The maximum Gasteiger partial charge on any atom is 0.309 e. The molecule has 0 radical (unpaired) electrons. The molecule has 1 aromatic rings. The van der Waals surface area contributed by atoms with Crippen LogP contribution in [0.25, 0.3) is 6.08 Å². The third kappa shape index (κ3) is 8.66. The molecule has 39 heavy (non-hydrogen) atoms. The van der Waals surface area contributed by atoms with Crippen LogP contribution in [0.4, 0.5) is 0 Å². The first-order valence-corrected chi connectivity index (χ1v) is 14.6. The number of aliphatic hydroxyl groups excluding tert-OH is 2. The summed E-state index contributed by atoms with van der Waals surface area (Å²) >= 11 is 1.54. The first kappa shape index (κ1) is 31.4. The van der Waals surface area contributed by atoms with E-state index in [9.17, 15) is 19.8 Å². The molecule has 0 bridgehead atoms. The lowest BCUT2D eigenvalue weighted by atomic mass is 9.73. The van der Waals surface area contributed by atoms with Crippen LogP contribution in [-0.2, 0) is 23.8 Å². The minimum atomic E-state index is -1.26. The predicted molar refractivity (Wildman–Crippen MR) is 151 cm³/mol. The van der Waals surface area contributed by atoms with Crippen molar-refractivity contribution in [3.05, 3.63) is 45.5 Å². The Morgan fingerprint density at radius 3 is 2.51 bits per heavy atom. The van der Waals surface area contributed by atoms with Crippen LogP contribution in [0.3, 0.4) is 0 Å². The lowest BCUT2D eigenvalue weighted by molar-refractivity contribution is -0.154. The third-order valence-electron chi connectivity index (χ3n) is 7.66. The van der Waals surface area contributed by atoms with Crippen molar-refractivity contribution in [3.8, 4) is 0 Å². The summed E-state index contributed by atoms with van der Waals surface area (Å²) in [5.41, 5.74) is 1.33. The number of nitrogens with zero attached hydrogens (tertiary/aromatic N) is 1. The molecule has 8 nitrogen and oxygen atoms in total. The molecule has 0 aromatic carbocycles. The van der Waals surface area contributed by atoms with Gasteiger partial charge in [-0.25, -0.2) is 4.98 Å². The molecule has 0 saturated carbocycles. The summed E-state index contributed by atoms with van der Waals surface area (Å²) in [5, 5.41) is 24.8. The molecule has 0 amide bonds. The maximum atomic E-state index is 13.3. The number of cyclic esters (lactones) is 1. The van der Waals surface area contributed by atoms with E-state index in [1.807, 2.05) is 50.5 Å². The fourth-order valence-electron chi connectivity index (χ4n) is 4.89. The van der Waals surface area contributed by atoms with E-state index >= 15 is 0 Å². The number of esters is 1. The molecule has 1 saturated heterocycles. The van der Waals surface area contributed by atoms with Crippen molar-refractivity contribution in [1.29, 1.82) is 0 Å². The summed E-state index contributed by atoms with van der Waals surface area (Å²) < 4.78 is 17.2. The third-order valence-corrected chi connectivity index (χ3v) is 8.45. The minimum absolute atomic E-state index is 0.189. The van der Waals surface area contributed by atoms with Crippen LogP contribution in [0.5, 0.6) is 0 Å². The summed E-state index contributed by atoms with van der Waals surface area (Å²) in [4.78, 5) is 30.9. The Bertz CT molecular complexity index is 1080. The molecule has 1 fully saturated rings. The topological polar surface area (TPSA) is 115 Å². The highest BCUT2D eigenvalue weighted by Crippen LogP contribution is 2.32. The number of aryl methyl sites for hydroxylation is 1. The number of aliphatic hydroxyl groups is 2. The van der Waals surface area contributed by atoms with E-state index in [0.717, 1.165) is 21.8 Å². The average molecular weight is 562 g/mol. The Hall–Kier alpha value is -2.17. The van der Waals surface area contributed by atoms with E-state index in [2.05, 4.69) is 4.98 Å². The molecule has 2 aliphatic heterocycles. The molecular formula is C30H43NO7S. The SMILES string of the molecule is C/C(=C\c1csc(C)n1)[C@@H]1C/C=C(CC2OCCO2)\C=C\C[C@H](C)[C@H](O)[C@@H](C)C(=O)C(C)(C)[C@@H](O)CC(=O)O1. The van der Waals surface area contributed by atoms with Crippen LogP contribution < -0.4 is 0 Å². The van der Waals surface area contributed by atoms with Gasteiger partial charge in [0.15, 0.2) is 6.29 Å². The highest BCUT2D eigenvalue weighted by atomic mass is 32.1. The molecule has 2 aliphatic rings. The number of ether oxygens (including phenoxy) is 3. The van der Waals surface area contributed by atoms with Crippen LogP contribution in [0.15, 0.2) is 34.8 Å². The van der Waals surface area contributed by atoms with Crippen LogP contribution in [0.1, 0.15) is 71.0 Å². The Kier molecular flexibility index (Phi) is 11.2. The summed E-state index contributed by atoms with van der Waals surface area (Å²) in [6.07, 6.45) is 5.96. The highest BCUT2D eigenvalue weighted by molar-refractivity contribution is 7.09. The van der Waals surface area contributed by atoms with Gasteiger partial charge in [-0.05, 0) is 43.4 Å². The van der Waals surface area contributed by atoms with Crippen molar-refractivity contribution in [2.24, 2.45) is 17.3 Å².